The molecule has 1 amide bonds. The second-order valence-corrected chi connectivity index (χ2v) is 7.54. The molecule has 6 heteroatoms. The molecule has 0 unspecified atom stereocenters. The number of hydrogen-bond acceptors (Lipinski definition) is 5. The molecule has 1 aromatic heterocycles. The number of aliphatic hydroxyl groups is 1. The number of aromatic nitrogens is 1. The lowest BCUT2D eigenvalue weighted by atomic mass is 10.1. The highest BCUT2D eigenvalue weighted by Crippen LogP contribution is 2.37. The molecule has 3 heterocycles. The molecule has 29 heavy (non-hydrogen) atoms. The summed E-state index contributed by atoms with van der Waals surface area (Å²) >= 11 is 0. The quantitative estimate of drug-likeness (QED) is 0.696. The molecule has 1 saturated heterocycles. The molecule has 2 N–H and O–H groups in total. The van der Waals surface area contributed by atoms with E-state index in [0.717, 1.165) is 35.6 Å². The number of benzene rings is 2. The fraction of sp³-hybridized carbons (Fsp3) is 0.217. The molecule has 6 nitrogen and oxygen atoms in total. The van der Waals surface area contributed by atoms with Gasteiger partial charge < -0.3 is 20.1 Å². The van der Waals surface area contributed by atoms with Crippen LogP contribution >= 0.6 is 0 Å². The molecule has 2 aromatic carbocycles. The van der Waals surface area contributed by atoms with Crippen molar-refractivity contribution in [3.8, 4) is 22.8 Å². The molecule has 0 spiro atoms. The average Bonchev–Trinajstić information content (AvgIpc) is 3.11. The van der Waals surface area contributed by atoms with E-state index >= 15 is 0 Å². The van der Waals surface area contributed by atoms with Gasteiger partial charge in [-0.2, -0.15) is 0 Å². The number of fused-ring (bicyclic) bond motifs is 2. The van der Waals surface area contributed by atoms with Gasteiger partial charge in [0.05, 0.1) is 23.0 Å². The van der Waals surface area contributed by atoms with Crippen molar-refractivity contribution in [3.05, 3.63) is 65.7 Å². The van der Waals surface area contributed by atoms with E-state index in [1.807, 2.05) is 61.5 Å². The number of carbonyl (C=O) groups is 1. The minimum atomic E-state index is -0.306. The number of anilines is 2. The van der Waals surface area contributed by atoms with Gasteiger partial charge in [0.1, 0.15) is 11.6 Å². The summed E-state index contributed by atoms with van der Waals surface area (Å²) in [5.74, 6) is 1.78. The number of β-amino-alcohol motifs (C(OH)–C–C–N with tert-alkyl or cyclic N) is 1. The van der Waals surface area contributed by atoms with Crippen molar-refractivity contribution >= 4 is 17.4 Å². The van der Waals surface area contributed by atoms with E-state index in [1.54, 1.807) is 0 Å². The van der Waals surface area contributed by atoms with Gasteiger partial charge in [0.25, 0.3) is 5.91 Å². The number of hydrogen-bond donors (Lipinski definition) is 2. The number of ether oxygens (including phenoxy) is 1. The predicted molar refractivity (Wildman–Crippen MR) is 112 cm³/mol. The Morgan fingerprint density at radius 3 is 2.83 bits per heavy atom. The molecule has 0 aliphatic carbocycles. The summed E-state index contributed by atoms with van der Waals surface area (Å²) in [5, 5.41) is 12.7. The van der Waals surface area contributed by atoms with Crippen LogP contribution in [0.1, 0.15) is 22.3 Å². The van der Waals surface area contributed by atoms with Gasteiger partial charge in [-0.05, 0) is 61.4 Å². The number of rotatable bonds is 2. The van der Waals surface area contributed by atoms with Crippen molar-refractivity contribution in [2.45, 2.75) is 19.4 Å². The molecule has 5 rings (SSSR count). The third-order valence-corrected chi connectivity index (χ3v) is 5.34. The Balaban J connectivity index is 1.50. The Hall–Kier alpha value is -3.38. The van der Waals surface area contributed by atoms with Gasteiger partial charge in [-0.1, -0.05) is 12.1 Å². The summed E-state index contributed by atoms with van der Waals surface area (Å²) < 4.78 is 6.00. The van der Waals surface area contributed by atoms with E-state index in [1.165, 1.54) is 0 Å². The highest BCUT2D eigenvalue weighted by molar-refractivity contribution is 6.08. The Morgan fingerprint density at radius 2 is 2.00 bits per heavy atom. The fourth-order valence-corrected chi connectivity index (χ4v) is 3.80. The first-order valence-electron chi connectivity index (χ1n) is 9.71. The van der Waals surface area contributed by atoms with Gasteiger partial charge in [0, 0.05) is 18.7 Å². The molecule has 2 aliphatic rings. The van der Waals surface area contributed by atoms with Gasteiger partial charge in [-0.15, -0.1) is 0 Å². The highest BCUT2D eigenvalue weighted by Gasteiger charge is 2.23. The van der Waals surface area contributed by atoms with Crippen molar-refractivity contribution < 1.29 is 14.6 Å². The zero-order valence-electron chi connectivity index (χ0n) is 16.1. The van der Waals surface area contributed by atoms with E-state index in [-0.39, 0.29) is 12.0 Å². The molecular formula is C23H21N3O3. The average molecular weight is 387 g/mol. The monoisotopic (exact) mass is 387 g/mol. The number of amides is 1. The largest absolute Gasteiger partial charge is 0.454 e. The van der Waals surface area contributed by atoms with Crippen LogP contribution in [0.4, 0.5) is 11.5 Å². The number of pyridine rings is 1. The molecule has 0 radical (unpaired) electrons. The third-order valence-electron chi connectivity index (χ3n) is 5.34. The van der Waals surface area contributed by atoms with E-state index in [2.05, 4.69) is 10.2 Å². The highest BCUT2D eigenvalue weighted by atomic mass is 16.5. The van der Waals surface area contributed by atoms with Crippen LogP contribution in [0.3, 0.4) is 0 Å². The third kappa shape index (κ3) is 3.32. The first kappa shape index (κ1) is 17.7. The van der Waals surface area contributed by atoms with E-state index in [4.69, 9.17) is 9.72 Å². The summed E-state index contributed by atoms with van der Waals surface area (Å²) in [5.41, 5.74) is 3.80. The van der Waals surface area contributed by atoms with Gasteiger partial charge in [0.15, 0.2) is 5.75 Å². The number of aryl methyl sites for hydroxylation is 1. The van der Waals surface area contributed by atoms with E-state index < -0.39 is 0 Å². The normalized spacial score (nSPS) is 17.8. The zero-order chi connectivity index (χ0) is 20.0. The summed E-state index contributed by atoms with van der Waals surface area (Å²) in [6.07, 6.45) is 0.446. The van der Waals surface area contributed by atoms with E-state index in [0.29, 0.717) is 29.3 Å². The predicted octanol–water partition coefficient (Wildman–Crippen LogP) is 3.99. The van der Waals surface area contributed by atoms with Crippen molar-refractivity contribution in [1.29, 1.82) is 0 Å². The van der Waals surface area contributed by atoms with Crippen LogP contribution in [0.2, 0.25) is 0 Å². The number of aliphatic hydroxyl groups excluding tert-OH is 1. The zero-order valence-corrected chi connectivity index (χ0v) is 16.1. The maximum Gasteiger partial charge on any atom is 0.259 e. The summed E-state index contributed by atoms with van der Waals surface area (Å²) in [7, 11) is 0. The maximum atomic E-state index is 12.8. The molecule has 1 fully saturated rings. The minimum Gasteiger partial charge on any atom is -0.454 e. The van der Waals surface area contributed by atoms with Crippen LogP contribution in [0.15, 0.2) is 54.6 Å². The second kappa shape index (κ2) is 6.90. The van der Waals surface area contributed by atoms with Crippen LogP contribution in [-0.4, -0.2) is 35.2 Å². The topological polar surface area (TPSA) is 74.7 Å². The van der Waals surface area contributed by atoms with Gasteiger partial charge in [-0.25, -0.2) is 4.98 Å². The lowest BCUT2D eigenvalue weighted by Crippen LogP contribution is -2.22. The molecule has 1 atom stereocenters. The smallest absolute Gasteiger partial charge is 0.259 e. The van der Waals surface area contributed by atoms with E-state index in [9.17, 15) is 9.90 Å². The van der Waals surface area contributed by atoms with Gasteiger partial charge >= 0.3 is 0 Å². The first-order chi connectivity index (χ1) is 14.1. The Morgan fingerprint density at radius 1 is 1.14 bits per heavy atom. The Labute approximate surface area is 168 Å². The lowest BCUT2D eigenvalue weighted by molar-refractivity contribution is 0.102. The van der Waals surface area contributed by atoms with Crippen LogP contribution < -0.4 is 15.0 Å². The number of nitrogens with zero attached hydrogens (tertiary/aromatic N) is 2. The molecule has 2 aliphatic heterocycles. The lowest BCUT2D eigenvalue weighted by Gasteiger charge is -2.17. The number of nitrogens with one attached hydrogen (secondary N) is 1. The first-order valence-corrected chi connectivity index (χ1v) is 9.71. The molecular weight excluding hydrogens is 366 g/mol. The minimum absolute atomic E-state index is 0.204. The maximum absolute atomic E-state index is 12.8. The fourth-order valence-electron chi connectivity index (χ4n) is 3.80. The summed E-state index contributed by atoms with van der Waals surface area (Å²) in [4.78, 5) is 19.7. The van der Waals surface area contributed by atoms with Crippen molar-refractivity contribution in [3.63, 3.8) is 0 Å². The molecule has 146 valence electrons. The second-order valence-electron chi connectivity index (χ2n) is 7.54. The molecule has 0 saturated carbocycles. The molecule has 0 bridgehead atoms. The van der Waals surface area contributed by atoms with Crippen molar-refractivity contribution in [2.75, 3.05) is 23.3 Å². The van der Waals surface area contributed by atoms with Crippen molar-refractivity contribution in [1.82, 2.24) is 4.98 Å². The van der Waals surface area contributed by atoms with Gasteiger partial charge in [-0.3, -0.25) is 4.79 Å². The van der Waals surface area contributed by atoms with Gasteiger partial charge in [0.2, 0.25) is 0 Å². The summed E-state index contributed by atoms with van der Waals surface area (Å²) in [6, 6.07) is 17.1. The van der Waals surface area contributed by atoms with Crippen molar-refractivity contribution in [2.24, 2.45) is 0 Å². The number of carbonyl (C=O) groups excluding carboxylic acids is 1. The van der Waals surface area contributed by atoms with Crippen LogP contribution in [0.5, 0.6) is 11.5 Å². The van der Waals surface area contributed by atoms with Crippen LogP contribution in [-0.2, 0) is 0 Å². The Kier molecular flexibility index (Phi) is 4.21. The Bertz CT molecular complexity index is 1110. The van der Waals surface area contributed by atoms with Crippen LogP contribution in [0, 0.1) is 6.92 Å². The standard InChI is InChI=1S/C23H21N3O3/c1-14-5-7-21-19(11-14)25-23(28)17-12-15(6-8-20(17)29-21)18-3-2-4-22(24-18)26-10-9-16(27)13-26/h2-8,11-12,16,27H,9-10,13H2,1H3,(H,25,28)/t16-/m1/s1. The molecule has 3 aromatic rings. The SMILES string of the molecule is Cc1ccc2c(c1)NC(=O)c1cc(-c3cccc(N4CC[C@@H](O)C4)n3)ccc1O2. The van der Waals surface area contributed by atoms with Crippen LogP contribution in [0.25, 0.3) is 11.3 Å². The summed E-state index contributed by atoms with van der Waals surface area (Å²) in [6.45, 7) is 3.35.